The van der Waals surface area contributed by atoms with Crippen LogP contribution in [0.15, 0.2) is 12.1 Å². The van der Waals surface area contributed by atoms with E-state index in [1.54, 1.807) is 4.90 Å². The fraction of sp³-hybridized carbons (Fsp3) is 0.429. The molecule has 0 aliphatic heterocycles. The number of ether oxygens (including phenoxy) is 2. The van der Waals surface area contributed by atoms with Crippen molar-refractivity contribution in [1.82, 2.24) is 4.90 Å². The molecule has 1 rings (SSSR count). The van der Waals surface area contributed by atoms with Crippen LogP contribution in [-0.2, 0) is 4.79 Å². The Balaban J connectivity index is 2.87. The van der Waals surface area contributed by atoms with Crippen molar-refractivity contribution in [1.29, 1.82) is 0 Å². The Hall–Kier alpha value is -2.24. The van der Waals surface area contributed by atoms with E-state index in [-0.39, 0.29) is 24.0 Å². The first-order valence-corrected chi connectivity index (χ1v) is 6.40. The predicted octanol–water partition coefficient (Wildman–Crippen LogP) is 1.34. The Morgan fingerprint density at radius 2 is 2.00 bits per heavy atom. The predicted molar refractivity (Wildman–Crippen MR) is 76.2 cm³/mol. The largest absolute Gasteiger partial charge is 0.493 e. The van der Waals surface area contributed by atoms with Crippen LogP contribution >= 0.6 is 0 Å². The molecule has 1 aromatic rings. The number of rotatable bonds is 7. The van der Waals surface area contributed by atoms with E-state index in [9.17, 15) is 9.59 Å². The van der Waals surface area contributed by atoms with Gasteiger partial charge in [0.2, 0.25) is 0 Å². The van der Waals surface area contributed by atoms with Gasteiger partial charge in [-0.25, -0.2) is 0 Å². The first-order valence-electron chi connectivity index (χ1n) is 6.40. The lowest BCUT2D eigenvalue weighted by molar-refractivity contribution is -0.132. The molecule has 20 heavy (non-hydrogen) atoms. The molecule has 0 aromatic heterocycles. The molecule has 0 saturated carbocycles. The third-order valence-electron chi connectivity index (χ3n) is 2.92. The lowest BCUT2D eigenvalue weighted by Crippen LogP contribution is -2.34. The standard InChI is InChI=1S/C14H20N2O4/c1-4-16(5-2)13(18)9-20-14-11(15)6-10(8-17)7-12(14)19-3/h6-8H,4-5,9,15H2,1-3H3. The van der Waals surface area contributed by atoms with E-state index in [0.717, 1.165) is 0 Å². The fourth-order valence-corrected chi connectivity index (χ4v) is 1.82. The van der Waals surface area contributed by atoms with Gasteiger partial charge in [-0.15, -0.1) is 0 Å². The van der Waals surface area contributed by atoms with Crippen molar-refractivity contribution in [2.45, 2.75) is 13.8 Å². The highest BCUT2D eigenvalue weighted by Gasteiger charge is 2.15. The van der Waals surface area contributed by atoms with Crippen molar-refractivity contribution in [2.75, 3.05) is 32.5 Å². The van der Waals surface area contributed by atoms with Gasteiger partial charge in [0.25, 0.3) is 5.91 Å². The van der Waals surface area contributed by atoms with Crippen LogP contribution in [0, 0.1) is 0 Å². The van der Waals surface area contributed by atoms with Gasteiger partial charge >= 0.3 is 0 Å². The minimum atomic E-state index is -0.129. The summed E-state index contributed by atoms with van der Waals surface area (Å²) in [5.74, 6) is 0.481. The molecule has 0 aliphatic rings. The maximum Gasteiger partial charge on any atom is 0.260 e. The van der Waals surface area contributed by atoms with Gasteiger partial charge in [0, 0.05) is 18.7 Å². The van der Waals surface area contributed by atoms with Crippen molar-refractivity contribution >= 4 is 17.9 Å². The zero-order chi connectivity index (χ0) is 15.1. The van der Waals surface area contributed by atoms with E-state index in [2.05, 4.69) is 0 Å². The number of methoxy groups -OCH3 is 1. The van der Waals surface area contributed by atoms with Crippen LogP contribution in [0.2, 0.25) is 0 Å². The summed E-state index contributed by atoms with van der Waals surface area (Å²) >= 11 is 0. The van der Waals surface area contributed by atoms with E-state index in [4.69, 9.17) is 15.2 Å². The molecule has 0 spiro atoms. The minimum Gasteiger partial charge on any atom is -0.493 e. The van der Waals surface area contributed by atoms with Gasteiger partial charge in [-0.2, -0.15) is 0 Å². The van der Waals surface area contributed by atoms with Crippen LogP contribution in [0.25, 0.3) is 0 Å². The number of hydrogen-bond donors (Lipinski definition) is 1. The molecule has 2 N–H and O–H groups in total. The van der Waals surface area contributed by atoms with Gasteiger partial charge in [-0.1, -0.05) is 0 Å². The molecular weight excluding hydrogens is 260 g/mol. The van der Waals surface area contributed by atoms with E-state index >= 15 is 0 Å². The molecule has 1 aromatic carbocycles. The first kappa shape index (κ1) is 15.8. The molecule has 0 heterocycles. The monoisotopic (exact) mass is 280 g/mol. The number of benzene rings is 1. The number of nitrogens with zero attached hydrogens (tertiary/aromatic N) is 1. The Bertz CT molecular complexity index is 484. The SMILES string of the molecule is CCN(CC)C(=O)COc1c(N)cc(C=O)cc1OC. The smallest absolute Gasteiger partial charge is 0.260 e. The van der Waals surface area contributed by atoms with Gasteiger partial charge in [-0.05, 0) is 26.0 Å². The lowest BCUT2D eigenvalue weighted by Gasteiger charge is -2.19. The molecule has 0 atom stereocenters. The highest BCUT2D eigenvalue weighted by atomic mass is 16.5. The van der Waals surface area contributed by atoms with E-state index in [1.165, 1.54) is 19.2 Å². The summed E-state index contributed by atoms with van der Waals surface area (Å²) in [4.78, 5) is 24.3. The Morgan fingerprint density at radius 3 is 2.50 bits per heavy atom. The Labute approximate surface area is 118 Å². The van der Waals surface area contributed by atoms with Crippen LogP contribution in [-0.4, -0.2) is 43.9 Å². The van der Waals surface area contributed by atoms with Crippen LogP contribution in [0.4, 0.5) is 5.69 Å². The number of amides is 1. The van der Waals surface area contributed by atoms with Gasteiger partial charge in [0.05, 0.1) is 12.8 Å². The molecule has 6 heteroatoms. The lowest BCUT2D eigenvalue weighted by atomic mass is 10.2. The van der Waals surface area contributed by atoms with Crippen molar-refractivity contribution in [3.05, 3.63) is 17.7 Å². The van der Waals surface area contributed by atoms with Crippen molar-refractivity contribution < 1.29 is 19.1 Å². The number of nitrogen functional groups attached to an aromatic ring is 1. The summed E-state index contributed by atoms with van der Waals surface area (Å²) in [6.07, 6.45) is 0.670. The number of aldehydes is 1. The maximum absolute atomic E-state index is 11.9. The number of hydrogen-bond acceptors (Lipinski definition) is 5. The number of carbonyl (C=O) groups excluding carboxylic acids is 2. The summed E-state index contributed by atoms with van der Waals surface area (Å²) in [5, 5.41) is 0. The second-order valence-corrected chi connectivity index (χ2v) is 4.11. The molecule has 6 nitrogen and oxygen atoms in total. The molecule has 0 radical (unpaired) electrons. The Morgan fingerprint density at radius 1 is 1.35 bits per heavy atom. The van der Waals surface area contributed by atoms with E-state index in [1.807, 2.05) is 13.8 Å². The molecular formula is C14H20N2O4. The molecule has 0 fully saturated rings. The summed E-state index contributed by atoms with van der Waals surface area (Å²) in [5.41, 5.74) is 6.47. The molecule has 0 aliphatic carbocycles. The molecule has 110 valence electrons. The quantitative estimate of drug-likeness (QED) is 0.602. The first-order chi connectivity index (χ1) is 9.57. The average molecular weight is 280 g/mol. The third kappa shape index (κ3) is 3.63. The Kier molecular flexibility index (Phi) is 5.83. The number of nitrogens with two attached hydrogens (primary N) is 1. The average Bonchev–Trinajstić information content (AvgIpc) is 2.46. The second kappa shape index (κ2) is 7.37. The number of likely N-dealkylation sites (N-methyl/N-ethyl adjacent to an activating group) is 1. The topological polar surface area (TPSA) is 81.9 Å². The van der Waals surface area contributed by atoms with Crippen LogP contribution in [0.3, 0.4) is 0 Å². The highest BCUT2D eigenvalue weighted by Crippen LogP contribution is 2.34. The van der Waals surface area contributed by atoms with E-state index in [0.29, 0.717) is 30.7 Å². The zero-order valence-corrected chi connectivity index (χ0v) is 12.0. The summed E-state index contributed by atoms with van der Waals surface area (Å²) in [6.45, 7) is 4.91. The van der Waals surface area contributed by atoms with Crippen molar-refractivity contribution in [3.8, 4) is 11.5 Å². The molecule has 0 saturated heterocycles. The van der Waals surface area contributed by atoms with Gasteiger partial charge in [0.15, 0.2) is 18.1 Å². The third-order valence-corrected chi connectivity index (χ3v) is 2.92. The summed E-state index contributed by atoms with van der Waals surface area (Å²) < 4.78 is 10.6. The van der Waals surface area contributed by atoms with Crippen LogP contribution in [0.5, 0.6) is 11.5 Å². The van der Waals surface area contributed by atoms with E-state index < -0.39 is 0 Å². The fourth-order valence-electron chi connectivity index (χ4n) is 1.82. The second-order valence-electron chi connectivity index (χ2n) is 4.11. The van der Waals surface area contributed by atoms with Gasteiger partial charge in [-0.3, -0.25) is 9.59 Å². The summed E-state index contributed by atoms with van der Waals surface area (Å²) in [6, 6.07) is 2.99. The normalized spacial score (nSPS) is 9.95. The van der Waals surface area contributed by atoms with Crippen molar-refractivity contribution in [2.24, 2.45) is 0 Å². The molecule has 0 unspecified atom stereocenters. The summed E-state index contributed by atoms with van der Waals surface area (Å²) in [7, 11) is 1.45. The number of anilines is 1. The van der Waals surface area contributed by atoms with Crippen LogP contribution < -0.4 is 15.2 Å². The van der Waals surface area contributed by atoms with Gasteiger partial charge < -0.3 is 20.1 Å². The van der Waals surface area contributed by atoms with Crippen LogP contribution in [0.1, 0.15) is 24.2 Å². The number of carbonyl (C=O) groups is 2. The maximum atomic E-state index is 11.9. The zero-order valence-electron chi connectivity index (χ0n) is 12.0. The minimum absolute atomic E-state index is 0.122. The highest BCUT2D eigenvalue weighted by molar-refractivity contribution is 5.81. The van der Waals surface area contributed by atoms with Crippen molar-refractivity contribution in [3.63, 3.8) is 0 Å². The molecule has 1 amide bonds. The molecule has 0 bridgehead atoms. The van der Waals surface area contributed by atoms with Gasteiger partial charge in [0.1, 0.15) is 6.29 Å².